The highest BCUT2D eigenvalue weighted by atomic mass is 19.4. The second kappa shape index (κ2) is 7.67. The van der Waals surface area contributed by atoms with Crippen molar-refractivity contribution < 1.29 is 17.7 Å². The van der Waals surface area contributed by atoms with Crippen LogP contribution in [0, 0.1) is 0 Å². The molecule has 1 fully saturated rings. The first-order chi connectivity index (χ1) is 10.9. The van der Waals surface area contributed by atoms with Crippen molar-refractivity contribution in [3.63, 3.8) is 0 Å². The summed E-state index contributed by atoms with van der Waals surface area (Å²) < 4.78 is 42.3. The van der Waals surface area contributed by atoms with Gasteiger partial charge in [0.1, 0.15) is 0 Å². The normalized spacial score (nSPS) is 20.0. The molecule has 1 aliphatic heterocycles. The lowest BCUT2D eigenvalue weighted by molar-refractivity contribution is -0.143. The number of aromatic nitrogens is 1. The van der Waals surface area contributed by atoms with Gasteiger partial charge in [0.25, 0.3) is 0 Å². The van der Waals surface area contributed by atoms with Crippen LogP contribution in [0.5, 0.6) is 0 Å². The van der Waals surface area contributed by atoms with Gasteiger partial charge in [0, 0.05) is 32.2 Å². The minimum Gasteiger partial charge on any atom is -0.359 e. The van der Waals surface area contributed by atoms with Gasteiger partial charge in [0.05, 0.1) is 18.8 Å². The molecule has 0 spiro atoms. The standard InChI is InChI=1S/C14H22F3N5O/c1-3-10-6-12(23-21-10)7-19-13(18-2)20-11-4-5-22(8-11)9-14(15,16)17/h6,11H,3-5,7-9H2,1-2H3,(H2,18,19,20). The van der Waals surface area contributed by atoms with Crippen LogP contribution in [0.4, 0.5) is 13.2 Å². The molecule has 0 aromatic carbocycles. The molecule has 6 nitrogen and oxygen atoms in total. The summed E-state index contributed by atoms with van der Waals surface area (Å²) >= 11 is 0. The number of guanidine groups is 1. The van der Waals surface area contributed by atoms with Crippen molar-refractivity contribution >= 4 is 5.96 Å². The fraction of sp³-hybridized carbons (Fsp3) is 0.714. The SMILES string of the molecule is CCc1cc(CNC(=NC)NC2CCN(CC(F)(F)F)C2)on1. The van der Waals surface area contributed by atoms with Crippen molar-refractivity contribution in [1.29, 1.82) is 0 Å². The van der Waals surface area contributed by atoms with Gasteiger partial charge in [-0.25, -0.2) is 0 Å². The molecule has 9 heteroatoms. The fourth-order valence-electron chi connectivity index (χ4n) is 2.51. The van der Waals surface area contributed by atoms with Crippen LogP contribution in [-0.2, 0) is 13.0 Å². The van der Waals surface area contributed by atoms with Gasteiger partial charge in [-0.3, -0.25) is 9.89 Å². The molecule has 130 valence electrons. The molecule has 1 aliphatic rings. The van der Waals surface area contributed by atoms with E-state index in [4.69, 9.17) is 4.52 Å². The van der Waals surface area contributed by atoms with Gasteiger partial charge >= 0.3 is 6.18 Å². The summed E-state index contributed by atoms with van der Waals surface area (Å²) in [6.07, 6.45) is -2.70. The summed E-state index contributed by atoms with van der Waals surface area (Å²) in [4.78, 5) is 5.48. The van der Waals surface area contributed by atoms with Crippen LogP contribution >= 0.6 is 0 Å². The maximum atomic E-state index is 12.4. The van der Waals surface area contributed by atoms with Crippen LogP contribution in [0.2, 0.25) is 0 Å². The van der Waals surface area contributed by atoms with Gasteiger partial charge < -0.3 is 15.2 Å². The molecule has 0 bridgehead atoms. The van der Waals surface area contributed by atoms with E-state index < -0.39 is 12.7 Å². The summed E-state index contributed by atoms with van der Waals surface area (Å²) in [6, 6.07) is 1.81. The number of hydrogen-bond acceptors (Lipinski definition) is 4. The molecule has 1 aromatic rings. The molecule has 23 heavy (non-hydrogen) atoms. The van der Waals surface area contributed by atoms with Crippen molar-refractivity contribution in [2.75, 3.05) is 26.7 Å². The van der Waals surface area contributed by atoms with Gasteiger partial charge in [-0.1, -0.05) is 12.1 Å². The molecular formula is C14H22F3N5O. The number of likely N-dealkylation sites (tertiary alicyclic amines) is 1. The van der Waals surface area contributed by atoms with E-state index in [-0.39, 0.29) is 6.04 Å². The molecule has 2 N–H and O–H groups in total. The lowest BCUT2D eigenvalue weighted by atomic mass is 10.3. The second-order valence-electron chi connectivity index (χ2n) is 5.54. The van der Waals surface area contributed by atoms with Crippen molar-refractivity contribution in [3.8, 4) is 0 Å². The lowest BCUT2D eigenvalue weighted by Gasteiger charge is -2.19. The number of aryl methyl sites for hydroxylation is 1. The summed E-state index contributed by atoms with van der Waals surface area (Å²) in [5.41, 5.74) is 0.878. The van der Waals surface area contributed by atoms with Gasteiger partial charge in [0.2, 0.25) is 0 Å². The van der Waals surface area contributed by atoms with Crippen molar-refractivity contribution in [1.82, 2.24) is 20.7 Å². The molecule has 2 heterocycles. The zero-order chi connectivity index (χ0) is 16.9. The molecule has 1 atom stereocenters. The maximum Gasteiger partial charge on any atom is 0.401 e. The van der Waals surface area contributed by atoms with Crippen molar-refractivity contribution in [3.05, 3.63) is 17.5 Å². The summed E-state index contributed by atoms with van der Waals surface area (Å²) in [7, 11) is 1.62. The Kier molecular flexibility index (Phi) is 5.86. The van der Waals surface area contributed by atoms with Crippen LogP contribution in [-0.4, -0.2) is 54.9 Å². The average Bonchev–Trinajstić information content (AvgIpc) is 3.10. The highest BCUT2D eigenvalue weighted by Crippen LogP contribution is 2.19. The number of aliphatic imine (C=N–C) groups is 1. The number of nitrogens with one attached hydrogen (secondary N) is 2. The highest BCUT2D eigenvalue weighted by Gasteiger charge is 2.34. The van der Waals surface area contributed by atoms with E-state index in [2.05, 4.69) is 20.8 Å². The van der Waals surface area contributed by atoms with Crippen LogP contribution in [0.3, 0.4) is 0 Å². The van der Waals surface area contributed by atoms with Gasteiger partial charge in [-0.2, -0.15) is 13.2 Å². The third-order valence-corrected chi connectivity index (χ3v) is 3.64. The summed E-state index contributed by atoms with van der Waals surface area (Å²) in [5.74, 6) is 1.23. The van der Waals surface area contributed by atoms with E-state index in [1.54, 1.807) is 7.05 Å². The van der Waals surface area contributed by atoms with Crippen LogP contribution in [0.25, 0.3) is 0 Å². The average molecular weight is 333 g/mol. The largest absolute Gasteiger partial charge is 0.401 e. The van der Waals surface area contributed by atoms with E-state index in [9.17, 15) is 13.2 Å². The number of hydrogen-bond donors (Lipinski definition) is 2. The van der Waals surface area contributed by atoms with E-state index in [1.807, 2.05) is 13.0 Å². The Balaban J connectivity index is 1.77. The molecule has 0 amide bonds. The quantitative estimate of drug-likeness (QED) is 0.632. The van der Waals surface area contributed by atoms with Crippen LogP contribution in [0.15, 0.2) is 15.6 Å². The zero-order valence-corrected chi connectivity index (χ0v) is 13.3. The number of rotatable bonds is 5. The molecule has 1 saturated heterocycles. The van der Waals surface area contributed by atoms with Gasteiger partial charge in [-0.05, 0) is 12.8 Å². The Bertz CT molecular complexity index is 529. The molecule has 1 aromatic heterocycles. The highest BCUT2D eigenvalue weighted by molar-refractivity contribution is 5.79. The van der Waals surface area contributed by atoms with Crippen LogP contribution < -0.4 is 10.6 Å². The topological polar surface area (TPSA) is 65.7 Å². The van der Waals surface area contributed by atoms with Crippen LogP contribution in [0.1, 0.15) is 24.8 Å². The number of nitrogens with zero attached hydrogens (tertiary/aromatic N) is 3. The van der Waals surface area contributed by atoms with Gasteiger partial charge in [0.15, 0.2) is 11.7 Å². The second-order valence-corrected chi connectivity index (χ2v) is 5.54. The minimum atomic E-state index is -4.15. The van der Waals surface area contributed by atoms with Crippen molar-refractivity contribution in [2.24, 2.45) is 4.99 Å². The Labute approximate surface area is 133 Å². The monoisotopic (exact) mass is 333 g/mol. The maximum absolute atomic E-state index is 12.4. The third kappa shape index (κ3) is 5.74. The van der Waals surface area contributed by atoms with E-state index in [1.165, 1.54) is 4.90 Å². The first-order valence-corrected chi connectivity index (χ1v) is 7.60. The molecule has 0 saturated carbocycles. The zero-order valence-electron chi connectivity index (χ0n) is 13.3. The number of alkyl halides is 3. The Morgan fingerprint density at radius 2 is 2.30 bits per heavy atom. The predicted molar refractivity (Wildman–Crippen MR) is 80.1 cm³/mol. The Morgan fingerprint density at radius 3 is 2.91 bits per heavy atom. The molecule has 0 aliphatic carbocycles. The van der Waals surface area contributed by atoms with Gasteiger partial charge in [-0.15, -0.1) is 0 Å². The van der Waals surface area contributed by atoms with E-state index in [0.717, 1.165) is 12.1 Å². The first kappa shape index (κ1) is 17.6. The molecule has 1 unspecified atom stereocenters. The predicted octanol–water partition coefficient (Wildman–Crippen LogP) is 1.54. The minimum absolute atomic E-state index is 0.0514. The molecule has 0 radical (unpaired) electrons. The van der Waals surface area contributed by atoms with E-state index >= 15 is 0 Å². The fourth-order valence-corrected chi connectivity index (χ4v) is 2.51. The Hall–Kier alpha value is -1.77. The third-order valence-electron chi connectivity index (χ3n) is 3.64. The van der Waals surface area contributed by atoms with Crippen molar-refractivity contribution in [2.45, 2.75) is 38.5 Å². The first-order valence-electron chi connectivity index (χ1n) is 7.60. The van der Waals surface area contributed by atoms with E-state index in [0.29, 0.717) is 37.8 Å². The number of halogens is 3. The molecular weight excluding hydrogens is 311 g/mol. The smallest absolute Gasteiger partial charge is 0.359 e. The molecule has 2 rings (SSSR count). The summed E-state index contributed by atoms with van der Waals surface area (Å²) in [5, 5.41) is 10.1. The summed E-state index contributed by atoms with van der Waals surface area (Å²) in [6.45, 7) is 2.32. The Morgan fingerprint density at radius 1 is 1.52 bits per heavy atom. The lowest BCUT2D eigenvalue weighted by Crippen LogP contribution is -2.44.